The fourth-order valence-electron chi connectivity index (χ4n) is 1.11. The molecule has 0 aromatic rings. The molecule has 0 radical (unpaired) electrons. The minimum Gasteiger partial charge on any atom is -0.392 e. The Kier molecular flexibility index (Phi) is 6.39. The summed E-state index contributed by atoms with van der Waals surface area (Å²) in [5.41, 5.74) is 0. The van der Waals surface area contributed by atoms with Crippen molar-refractivity contribution in [1.29, 1.82) is 0 Å². The van der Waals surface area contributed by atoms with Gasteiger partial charge in [0.2, 0.25) is 0 Å². The highest BCUT2D eigenvalue weighted by atomic mass is 16.3. The van der Waals surface area contributed by atoms with E-state index in [2.05, 4.69) is 25.7 Å². The van der Waals surface area contributed by atoms with Gasteiger partial charge in [0.05, 0.1) is 6.10 Å². The van der Waals surface area contributed by atoms with Crippen molar-refractivity contribution in [2.45, 2.75) is 39.7 Å². The first-order valence-corrected chi connectivity index (χ1v) is 4.92. The first-order chi connectivity index (χ1) is 5.56. The van der Waals surface area contributed by atoms with Crippen LogP contribution in [0.15, 0.2) is 0 Å². The Labute approximate surface area is 76.6 Å². The van der Waals surface area contributed by atoms with Gasteiger partial charge in [0.15, 0.2) is 0 Å². The van der Waals surface area contributed by atoms with Crippen molar-refractivity contribution in [3.05, 3.63) is 0 Å². The molecule has 2 nitrogen and oxygen atoms in total. The molecule has 0 unspecified atom stereocenters. The van der Waals surface area contributed by atoms with E-state index in [0.29, 0.717) is 5.92 Å². The summed E-state index contributed by atoms with van der Waals surface area (Å²) in [5, 5.41) is 9.56. The molecular weight excluding hydrogens is 150 g/mol. The lowest BCUT2D eigenvalue weighted by atomic mass is 10.0. The van der Waals surface area contributed by atoms with Gasteiger partial charge in [-0.2, -0.15) is 0 Å². The molecule has 0 aliphatic heterocycles. The monoisotopic (exact) mass is 173 g/mol. The number of hydrogen-bond acceptors (Lipinski definition) is 2. The van der Waals surface area contributed by atoms with Crippen LogP contribution in [0, 0.1) is 5.92 Å². The third kappa shape index (κ3) is 6.62. The number of hydrogen-bond donors (Lipinski definition) is 1. The van der Waals surface area contributed by atoms with Crippen molar-refractivity contribution in [1.82, 2.24) is 4.90 Å². The molecule has 0 fully saturated rings. The second-order valence-electron chi connectivity index (χ2n) is 3.98. The van der Waals surface area contributed by atoms with E-state index in [4.69, 9.17) is 0 Å². The molecular formula is C10H23NO. The van der Waals surface area contributed by atoms with E-state index in [-0.39, 0.29) is 6.10 Å². The van der Waals surface area contributed by atoms with Crippen LogP contribution in [0.5, 0.6) is 0 Å². The summed E-state index contributed by atoms with van der Waals surface area (Å²) in [7, 11) is 2.04. The van der Waals surface area contributed by atoms with Gasteiger partial charge in [-0.05, 0) is 32.4 Å². The van der Waals surface area contributed by atoms with Crippen molar-refractivity contribution in [2.75, 3.05) is 20.1 Å². The van der Waals surface area contributed by atoms with Gasteiger partial charge >= 0.3 is 0 Å². The molecule has 0 aromatic heterocycles. The van der Waals surface area contributed by atoms with Gasteiger partial charge in [-0.15, -0.1) is 0 Å². The van der Waals surface area contributed by atoms with Gasteiger partial charge in [-0.3, -0.25) is 0 Å². The average Bonchev–Trinajstić information content (AvgIpc) is 2.00. The van der Waals surface area contributed by atoms with Crippen LogP contribution in [0.1, 0.15) is 33.6 Å². The molecule has 0 heterocycles. The lowest BCUT2D eigenvalue weighted by molar-refractivity contribution is 0.114. The number of aliphatic hydroxyl groups is 1. The largest absolute Gasteiger partial charge is 0.392 e. The summed E-state index contributed by atoms with van der Waals surface area (Å²) in [6.45, 7) is 8.31. The minimum atomic E-state index is -0.141. The van der Waals surface area contributed by atoms with Crippen molar-refractivity contribution >= 4 is 0 Å². The molecule has 12 heavy (non-hydrogen) atoms. The number of likely N-dealkylation sites (N-methyl/N-ethyl adjacent to an activating group) is 1. The Morgan fingerprint density at radius 1 is 1.25 bits per heavy atom. The molecule has 0 amide bonds. The summed E-state index contributed by atoms with van der Waals surface area (Å²) in [6.07, 6.45) is 1.91. The van der Waals surface area contributed by atoms with Crippen molar-refractivity contribution in [3.63, 3.8) is 0 Å². The van der Waals surface area contributed by atoms with Crippen LogP contribution in [-0.2, 0) is 0 Å². The highest BCUT2D eigenvalue weighted by Crippen LogP contribution is 2.07. The smallest absolute Gasteiger partial charge is 0.0667 e. The van der Waals surface area contributed by atoms with Crippen LogP contribution in [-0.4, -0.2) is 36.2 Å². The average molecular weight is 173 g/mol. The van der Waals surface area contributed by atoms with Gasteiger partial charge in [0.1, 0.15) is 0 Å². The second-order valence-corrected chi connectivity index (χ2v) is 3.98. The van der Waals surface area contributed by atoms with Gasteiger partial charge in [0, 0.05) is 6.54 Å². The van der Waals surface area contributed by atoms with Crippen molar-refractivity contribution in [2.24, 2.45) is 5.92 Å². The highest BCUT2D eigenvalue weighted by molar-refractivity contribution is 4.61. The predicted molar refractivity (Wildman–Crippen MR) is 53.2 cm³/mol. The van der Waals surface area contributed by atoms with Crippen LogP contribution in [0.4, 0.5) is 0 Å². The number of nitrogens with zero attached hydrogens (tertiary/aromatic N) is 1. The zero-order chi connectivity index (χ0) is 9.56. The normalized spacial score (nSPS) is 14.2. The van der Waals surface area contributed by atoms with Crippen LogP contribution < -0.4 is 0 Å². The lowest BCUT2D eigenvalue weighted by Crippen LogP contribution is -2.29. The van der Waals surface area contributed by atoms with E-state index in [0.717, 1.165) is 25.9 Å². The van der Waals surface area contributed by atoms with Crippen LogP contribution >= 0.6 is 0 Å². The first kappa shape index (κ1) is 11.9. The van der Waals surface area contributed by atoms with Crippen LogP contribution in [0.25, 0.3) is 0 Å². The lowest BCUT2D eigenvalue weighted by Gasteiger charge is -2.19. The van der Waals surface area contributed by atoms with E-state index >= 15 is 0 Å². The fraction of sp³-hybridized carbons (Fsp3) is 1.00. The SMILES string of the molecule is CCN(C)C[C@H](O)CCC(C)C. The molecule has 2 heteroatoms. The molecule has 0 saturated heterocycles. The molecule has 0 rings (SSSR count). The van der Waals surface area contributed by atoms with Crippen LogP contribution in [0.3, 0.4) is 0 Å². The topological polar surface area (TPSA) is 23.5 Å². The van der Waals surface area contributed by atoms with E-state index in [1.165, 1.54) is 0 Å². The molecule has 0 aromatic carbocycles. The Morgan fingerprint density at radius 3 is 2.25 bits per heavy atom. The summed E-state index contributed by atoms with van der Waals surface area (Å²) < 4.78 is 0. The maximum atomic E-state index is 9.56. The van der Waals surface area contributed by atoms with Crippen LogP contribution in [0.2, 0.25) is 0 Å². The summed E-state index contributed by atoms with van der Waals surface area (Å²) in [5.74, 6) is 0.701. The summed E-state index contributed by atoms with van der Waals surface area (Å²) in [4.78, 5) is 2.14. The predicted octanol–water partition coefficient (Wildman–Crippen LogP) is 1.74. The molecule has 1 atom stereocenters. The van der Waals surface area contributed by atoms with Gasteiger partial charge in [-0.1, -0.05) is 20.8 Å². The molecule has 0 aliphatic carbocycles. The zero-order valence-electron chi connectivity index (χ0n) is 8.88. The molecule has 0 aliphatic rings. The Morgan fingerprint density at radius 2 is 1.83 bits per heavy atom. The molecule has 0 saturated carbocycles. The fourth-order valence-corrected chi connectivity index (χ4v) is 1.11. The van der Waals surface area contributed by atoms with Crippen molar-refractivity contribution in [3.8, 4) is 0 Å². The van der Waals surface area contributed by atoms with Gasteiger partial charge < -0.3 is 10.0 Å². The van der Waals surface area contributed by atoms with E-state index in [1.54, 1.807) is 0 Å². The van der Waals surface area contributed by atoms with Crippen molar-refractivity contribution < 1.29 is 5.11 Å². The van der Waals surface area contributed by atoms with E-state index < -0.39 is 0 Å². The summed E-state index contributed by atoms with van der Waals surface area (Å²) in [6, 6.07) is 0. The van der Waals surface area contributed by atoms with E-state index in [9.17, 15) is 5.11 Å². The number of aliphatic hydroxyl groups excluding tert-OH is 1. The maximum absolute atomic E-state index is 9.56. The standard InChI is InChI=1S/C10H23NO/c1-5-11(4)8-10(12)7-6-9(2)3/h9-10,12H,5-8H2,1-4H3/t10-/m1/s1. The minimum absolute atomic E-state index is 0.141. The van der Waals surface area contributed by atoms with Gasteiger partial charge in [-0.25, -0.2) is 0 Å². The first-order valence-electron chi connectivity index (χ1n) is 4.92. The van der Waals surface area contributed by atoms with E-state index in [1.807, 2.05) is 7.05 Å². The second kappa shape index (κ2) is 6.44. The molecule has 74 valence electrons. The zero-order valence-corrected chi connectivity index (χ0v) is 8.88. The molecule has 0 bridgehead atoms. The Balaban J connectivity index is 3.39. The molecule has 1 N–H and O–H groups in total. The third-order valence-corrected chi connectivity index (χ3v) is 2.14. The Bertz CT molecular complexity index is 104. The quantitative estimate of drug-likeness (QED) is 0.661. The Hall–Kier alpha value is -0.0800. The third-order valence-electron chi connectivity index (χ3n) is 2.14. The molecule has 0 spiro atoms. The summed E-state index contributed by atoms with van der Waals surface area (Å²) >= 11 is 0. The van der Waals surface area contributed by atoms with Gasteiger partial charge in [0.25, 0.3) is 0 Å². The highest BCUT2D eigenvalue weighted by Gasteiger charge is 2.07. The number of rotatable bonds is 6. The maximum Gasteiger partial charge on any atom is 0.0667 e.